The minimum atomic E-state index is 1.08. The van der Waals surface area contributed by atoms with E-state index in [1.54, 1.807) is 6.20 Å². The van der Waals surface area contributed by atoms with Crippen LogP contribution in [0.15, 0.2) is 18.5 Å². The first-order chi connectivity index (χ1) is 6.93. The van der Waals surface area contributed by atoms with Crippen molar-refractivity contribution in [1.82, 2.24) is 4.98 Å². The van der Waals surface area contributed by atoms with Crippen LogP contribution in [0.2, 0.25) is 0 Å². The van der Waals surface area contributed by atoms with Gasteiger partial charge in [-0.15, -0.1) is 0 Å². The lowest BCUT2D eigenvalue weighted by molar-refractivity contribution is 0.706. The van der Waals surface area contributed by atoms with E-state index in [2.05, 4.69) is 18.0 Å². The number of unbranched alkanes of at least 4 members (excludes halogenated alkanes) is 3. The second-order valence-electron chi connectivity index (χ2n) is 3.38. The lowest BCUT2D eigenvalue weighted by Gasteiger charge is -2.00. The van der Waals surface area contributed by atoms with Gasteiger partial charge in [0.15, 0.2) is 0 Å². The molecule has 0 unspecified atom stereocenters. The van der Waals surface area contributed by atoms with Crippen LogP contribution in [0.25, 0.3) is 0 Å². The SMILES string of the molecule is CCCCCCSCc1[c]cncc1. The third kappa shape index (κ3) is 5.28. The van der Waals surface area contributed by atoms with E-state index in [0.717, 1.165) is 5.75 Å². The molecular weight excluding hydrogens is 190 g/mol. The molecule has 0 saturated heterocycles. The van der Waals surface area contributed by atoms with Crippen LogP contribution in [0.5, 0.6) is 0 Å². The summed E-state index contributed by atoms with van der Waals surface area (Å²) in [6.07, 6.45) is 9.01. The highest BCUT2D eigenvalue weighted by Crippen LogP contribution is 2.13. The van der Waals surface area contributed by atoms with Gasteiger partial charge in [-0.2, -0.15) is 11.8 Å². The van der Waals surface area contributed by atoms with Crippen molar-refractivity contribution in [2.24, 2.45) is 0 Å². The van der Waals surface area contributed by atoms with E-state index in [9.17, 15) is 0 Å². The molecule has 1 rings (SSSR count). The number of hydrogen-bond acceptors (Lipinski definition) is 2. The Morgan fingerprint density at radius 1 is 1.36 bits per heavy atom. The summed E-state index contributed by atoms with van der Waals surface area (Å²) in [7, 11) is 0. The molecule has 1 aromatic rings. The topological polar surface area (TPSA) is 12.9 Å². The van der Waals surface area contributed by atoms with Gasteiger partial charge in [-0.05, 0) is 23.8 Å². The van der Waals surface area contributed by atoms with Crippen LogP contribution in [0.1, 0.15) is 38.2 Å². The number of aromatic nitrogens is 1. The molecule has 0 N–H and O–H groups in total. The van der Waals surface area contributed by atoms with Gasteiger partial charge >= 0.3 is 0 Å². The number of nitrogens with zero attached hydrogens (tertiary/aromatic N) is 1. The molecule has 0 atom stereocenters. The summed E-state index contributed by atoms with van der Waals surface area (Å²) in [5.41, 5.74) is 1.26. The Balaban J connectivity index is 1.99. The van der Waals surface area contributed by atoms with Gasteiger partial charge in [-0.3, -0.25) is 4.98 Å². The molecule has 0 aliphatic carbocycles. The van der Waals surface area contributed by atoms with Crippen LogP contribution in [0, 0.1) is 6.07 Å². The van der Waals surface area contributed by atoms with Crippen molar-refractivity contribution in [3.8, 4) is 0 Å². The van der Waals surface area contributed by atoms with Crippen LogP contribution >= 0.6 is 11.8 Å². The van der Waals surface area contributed by atoms with Crippen molar-refractivity contribution in [3.05, 3.63) is 30.1 Å². The molecule has 0 bridgehead atoms. The average molecular weight is 208 g/mol. The first kappa shape index (κ1) is 11.6. The third-order valence-corrected chi connectivity index (χ3v) is 3.18. The Hall–Kier alpha value is -0.500. The summed E-state index contributed by atoms with van der Waals surface area (Å²) >= 11 is 2.00. The minimum absolute atomic E-state index is 1.08. The number of rotatable bonds is 7. The van der Waals surface area contributed by atoms with Crippen molar-refractivity contribution in [1.29, 1.82) is 0 Å². The fraction of sp³-hybridized carbons (Fsp3) is 0.583. The molecule has 14 heavy (non-hydrogen) atoms. The van der Waals surface area contributed by atoms with Crippen molar-refractivity contribution in [3.63, 3.8) is 0 Å². The normalized spacial score (nSPS) is 10.4. The van der Waals surface area contributed by atoms with Gasteiger partial charge in [0, 0.05) is 24.2 Å². The summed E-state index contributed by atoms with van der Waals surface area (Å²) in [5.74, 6) is 2.35. The molecule has 1 heterocycles. The van der Waals surface area contributed by atoms with Gasteiger partial charge in [-0.1, -0.05) is 26.2 Å². The molecular formula is C12H18NS. The van der Waals surface area contributed by atoms with Gasteiger partial charge in [-0.25, -0.2) is 0 Å². The van der Waals surface area contributed by atoms with Gasteiger partial charge in [0.25, 0.3) is 0 Å². The van der Waals surface area contributed by atoms with Crippen molar-refractivity contribution in [2.75, 3.05) is 5.75 Å². The molecule has 1 radical (unpaired) electrons. The minimum Gasteiger partial charge on any atom is -0.264 e. The van der Waals surface area contributed by atoms with Gasteiger partial charge < -0.3 is 0 Å². The highest BCUT2D eigenvalue weighted by Gasteiger charge is 1.93. The van der Waals surface area contributed by atoms with Gasteiger partial charge in [0.05, 0.1) is 0 Å². The molecule has 0 spiro atoms. The van der Waals surface area contributed by atoms with Gasteiger partial charge in [0.1, 0.15) is 0 Å². The van der Waals surface area contributed by atoms with Crippen LogP contribution in [-0.2, 0) is 5.75 Å². The van der Waals surface area contributed by atoms with Crippen LogP contribution in [0.4, 0.5) is 0 Å². The Kier molecular flexibility index (Phi) is 6.50. The average Bonchev–Trinajstić information content (AvgIpc) is 2.25. The van der Waals surface area contributed by atoms with E-state index in [1.807, 2.05) is 24.0 Å². The fourth-order valence-electron chi connectivity index (χ4n) is 1.25. The van der Waals surface area contributed by atoms with Gasteiger partial charge in [0.2, 0.25) is 0 Å². The van der Waals surface area contributed by atoms with E-state index in [4.69, 9.17) is 0 Å². The zero-order chi connectivity index (χ0) is 10.1. The Morgan fingerprint density at radius 3 is 3.00 bits per heavy atom. The number of thioether (sulfide) groups is 1. The number of pyridine rings is 1. The van der Waals surface area contributed by atoms with E-state index in [0.29, 0.717) is 0 Å². The molecule has 0 fully saturated rings. The standard InChI is InChI=1S/C12H18NS/c1-2-3-4-5-10-14-11-12-6-8-13-9-7-12/h6,8-9H,2-5,10-11H2,1H3. The predicted molar refractivity (Wildman–Crippen MR) is 63.4 cm³/mol. The Labute approximate surface area is 91.3 Å². The number of hydrogen-bond donors (Lipinski definition) is 0. The largest absolute Gasteiger partial charge is 0.264 e. The van der Waals surface area contributed by atoms with E-state index in [-0.39, 0.29) is 0 Å². The molecule has 1 nitrogen and oxygen atoms in total. The smallest absolute Gasteiger partial charge is 0.0350 e. The molecule has 0 amide bonds. The van der Waals surface area contributed by atoms with Crippen LogP contribution < -0.4 is 0 Å². The molecule has 0 aliphatic heterocycles. The van der Waals surface area contributed by atoms with Crippen LogP contribution in [-0.4, -0.2) is 10.7 Å². The molecule has 0 aromatic carbocycles. The monoisotopic (exact) mass is 208 g/mol. The summed E-state index contributed by atoms with van der Waals surface area (Å²) in [6, 6.07) is 5.18. The lowest BCUT2D eigenvalue weighted by Crippen LogP contribution is -1.85. The van der Waals surface area contributed by atoms with Crippen LogP contribution in [0.3, 0.4) is 0 Å². The van der Waals surface area contributed by atoms with Crippen molar-refractivity contribution < 1.29 is 0 Å². The first-order valence-electron chi connectivity index (χ1n) is 5.32. The molecule has 2 heteroatoms. The summed E-state index contributed by atoms with van der Waals surface area (Å²) in [4.78, 5) is 3.95. The summed E-state index contributed by atoms with van der Waals surface area (Å²) in [6.45, 7) is 2.25. The molecule has 0 saturated carbocycles. The summed E-state index contributed by atoms with van der Waals surface area (Å²) < 4.78 is 0. The second-order valence-corrected chi connectivity index (χ2v) is 4.48. The van der Waals surface area contributed by atoms with Crippen molar-refractivity contribution in [2.45, 2.75) is 38.4 Å². The maximum atomic E-state index is 3.95. The van der Waals surface area contributed by atoms with E-state index < -0.39 is 0 Å². The zero-order valence-electron chi connectivity index (χ0n) is 8.83. The zero-order valence-corrected chi connectivity index (χ0v) is 9.65. The molecule has 0 aliphatic rings. The maximum absolute atomic E-state index is 3.95. The fourth-order valence-corrected chi connectivity index (χ4v) is 2.20. The Bertz CT molecular complexity index is 223. The third-order valence-electron chi connectivity index (χ3n) is 2.09. The second kappa shape index (κ2) is 7.86. The maximum Gasteiger partial charge on any atom is 0.0350 e. The first-order valence-corrected chi connectivity index (χ1v) is 6.47. The van der Waals surface area contributed by atoms with Crippen molar-refractivity contribution >= 4 is 11.8 Å². The lowest BCUT2D eigenvalue weighted by atomic mass is 10.2. The summed E-state index contributed by atoms with van der Waals surface area (Å²) in [5, 5.41) is 0. The highest BCUT2D eigenvalue weighted by atomic mass is 32.2. The predicted octanol–water partition coefficient (Wildman–Crippen LogP) is 3.70. The Morgan fingerprint density at radius 2 is 2.29 bits per heavy atom. The quantitative estimate of drug-likeness (QED) is 0.634. The van der Waals surface area contributed by atoms with E-state index >= 15 is 0 Å². The highest BCUT2D eigenvalue weighted by molar-refractivity contribution is 7.98. The van der Waals surface area contributed by atoms with E-state index in [1.165, 1.54) is 37.0 Å². The molecule has 77 valence electrons. The molecule has 1 aromatic heterocycles.